The molecule has 0 saturated carbocycles. The van der Waals surface area contributed by atoms with Crippen molar-refractivity contribution in [3.63, 3.8) is 0 Å². The second kappa shape index (κ2) is 14.7. The minimum atomic E-state index is -1.50. The minimum absolute atomic E-state index is 0.0850. The molecule has 14 heteroatoms. The number of nitrogens with one attached hydrogen (secondary N) is 3. The summed E-state index contributed by atoms with van der Waals surface area (Å²) in [7, 11) is 0. The third kappa shape index (κ3) is 11.8. The number of rotatable bonds is 16. The maximum atomic E-state index is 12.7. The molecule has 0 fully saturated rings. The molecular formula is C19H34N6O8. The molecule has 0 saturated heterocycles. The van der Waals surface area contributed by atoms with Crippen molar-refractivity contribution in [3.05, 3.63) is 0 Å². The Morgan fingerprint density at radius 1 is 0.818 bits per heavy atom. The van der Waals surface area contributed by atoms with Crippen LogP contribution in [-0.4, -0.2) is 76.5 Å². The Morgan fingerprint density at radius 3 is 1.85 bits per heavy atom. The second-order valence-electron chi connectivity index (χ2n) is 7.85. The molecular weight excluding hydrogens is 440 g/mol. The number of carbonyl (C=O) groups is 6. The molecule has 0 heterocycles. The van der Waals surface area contributed by atoms with E-state index in [9.17, 15) is 33.9 Å². The average Bonchev–Trinajstić information content (AvgIpc) is 2.69. The molecule has 11 N–H and O–H groups in total. The molecule has 0 radical (unpaired) electrons. The van der Waals surface area contributed by atoms with Gasteiger partial charge in [-0.05, 0) is 31.7 Å². The molecule has 4 amide bonds. The Bertz CT molecular complexity index is 729. The summed E-state index contributed by atoms with van der Waals surface area (Å²) in [4.78, 5) is 71.1. The van der Waals surface area contributed by atoms with Gasteiger partial charge in [-0.15, -0.1) is 0 Å². The summed E-state index contributed by atoms with van der Waals surface area (Å²) >= 11 is 0. The molecule has 0 aliphatic carbocycles. The van der Waals surface area contributed by atoms with E-state index < -0.39 is 78.5 Å². The van der Waals surface area contributed by atoms with E-state index in [1.165, 1.54) is 0 Å². The molecule has 0 bridgehead atoms. The number of carbonyl (C=O) groups excluding carboxylic acids is 4. The topological polar surface area (TPSA) is 257 Å². The van der Waals surface area contributed by atoms with E-state index >= 15 is 0 Å². The van der Waals surface area contributed by atoms with E-state index in [0.29, 0.717) is 19.4 Å². The normalized spacial score (nSPS) is 14.5. The predicted octanol–water partition coefficient (Wildman–Crippen LogP) is -3.01. The fourth-order valence-electron chi connectivity index (χ4n) is 2.77. The van der Waals surface area contributed by atoms with Crippen molar-refractivity contribution >= 4 is 35.6 Å². The SMILES string of the molecule is CC(C)C(NC(=O)C(N)CC(=O)O)C(=O)NC(CC(N)=O)C(=O)NC(CCCCN)C(=O)O. The number of unbranched alkanes of at least 4 members (excludes halogenated alkanes) is 1. The average molecular weight is 475 g/mol. The summed E-state index contributed by atoms with van der Waals surface area (Å²) in [6.07, 6.45) is -0.225. The quantitative estimate of drug-likeness (QED) is 0.105. The Hall–Kier alpha value is -3.26. The van der Waals surface area contributed by atoms with Gasteiger partial charge in [-0.2, -0.15) is 0 Å². The van der Waals surface area contributed by atoms with Gasteiger partial charge in [0.15, 0.2) is 0 Å². The van der Waals surface area contributed by atoms with Gasteiger partial charge in [-0.1, -0.05) is 13.8 Å². The number of nitrogens with two attached hydrogens (primary N) is 3. The lowest BCUT2D eigenvalue weighted by Crippen LogP contribution is -2.59. The summed E-state index contributed by atoms with van der Waals surface area (Å²) in [6, 6.07) is -5.41. The van der Waals surface area contributed by atoms with Gasteiger partial charge in [0, 0.05) is 0 Å². The number of primary amides is 1. The van der Waals surface area contributed by atoms with E-state index in [2.05, 4.69) is 16.0 Å². The number of amides is 4. The number of hydrogen-bond donors (Lipinski definition) is 8. The van der Waals surface area contributed by atoms with E-state index in [1.54, 1.807) is 13.8 Å². The van der Waals surface area contributed by atoms with Crippen LogP contribution in [0.15, 0.2) is 0 Å². The molecule has 0 aromatic carbocycles. The van der Waals surface area contributed by atoms with Crippen LogP contribution in [0.5, 0.6) is 0 Å². The van der Waals surface area contributed by atoms with Gasteiger partial charge in [0.25, 0.3) is 0 Å². The Labute approximate surface area is 191 Å². The second-order valence-corrected chi connectivity index (χ2v) is 7.85. The van der Waals surface area contributed by atoms with Gasteiger partial charge >= 0.3 is 11.9 Å². The highest BCUT2D eigenvalue weighted by molar-refractivity contribution is 5.96. The highest BCUT2D eigenvalue weighted by Crippen LogP contribution is 2.06. The molecule has 0 aromatic rings. The van der Waals surface area contributed by atoms with Crippen LogP contribution < -0.4 is 33.2 Å². The van der Waals surface area contributed by atoms with Crippen molar-refractivity contribution in [3.8, 4) is 0 Å². The largest absolute Gasteiger partial charge is 0.481 e. The van der Waals surface area contributed by atoms with Crippen molar-refractivity contribution < 1.29 is 39.0 Å². The lowest BCUT2D eigenvalue weighted by atomic mass is 10.0. The minimum Gasteiger partial charge on any atom is -0.481 e. The molecule has 0 aliphatic rings. The highest BCUT2D eigenvalue weighted by atomic mass is 16.4. The van der Waals surface area contributed by atoms with Crippen molar-refractivity contribution in [1.29, 1.82) is 0 Å². The fraction of sp³-hybridized carbons (Fsp3) is 0.684. The van der Waals surface area contributed by atoms with E-state index in [0.717, 1.165) is 0 Å². The van der Waals surface area contributed by atoms with Crippen molar-refractivity contribution in [2.75, 3.05) is 6.54 Å². The van der Waals surface area contributed by atoms with Gasteiger partial charge < -0.3 is 43.4 Å². The van der Waals surface area contributed by atoms with Crippen molar-refractivity contribution in [1.82, 2.24) is 16.0 Å². The molecule has 4 atom stereocenters. The highest BCUT2D eigenvalue weighted by Gasteiger charge is 2.32. The Kier molecular flexibility index (Phi) is 13.3. The summed E-state index contributed by atoms with van der Waals surface area (Å²) in [6.45, 7) is 3.50. The van der Waals surface area contributed by atoms with Crippen LogP contribution in [0, 0.1) is 5.92 Å². The summed E-state index contributed by atoms with van der Waals surface area (Å²) in [5.74, 6) is -6.75. The molecule has 0 spiro atoms. The third-order valence-corrected chi connectivity index (χ3v) is 4.58. The van der Waals surface area contributed by atoms with Gasteiger partial charge in [-0.25, -0.2) is 4.79 Å². The lowest BCUT2D eigenvalue weighted by Gasteiger charge is -2.26. The number of aliphatic carboxylic acids is 2. The zero-order valence-electron chi connectivity index (χ0n) is 18.7. The first-order valence-corrected chi connectivity index (χ1v) is 10.4. The van der Waals surface area contributed by atoms with Gasteiger partial charge in [0.05, 0.1) is 18.9 Å². The lowest BCUT2D eigenvalue weighted by molar-refractivity contribution is -0.142. The van der Waals surface area contributed by atoms with Crippen molar-refractivity contribution in [2.45, 2.75) is 70.1 Å². The van der Waals surface area contributed by atoms with E-state index in [4.69, 9.17) is 22.3 Å². The maximum absolute atomic E-state index is 12.7. The molecule has 0 aromatic heterocycles. The first-order valence-electron chi connectivity index (χ1n) is 10.4. The standard InChI is InChI=1S/C19H34N6O8/c1-9(2)15(25-16(29)10(21)7-14(27)28)18(31)24-12(8-13(22)26)17(30)23-11(19(32)33)5-3-4-6-20/h9-12,15H,3-8,20-21H2,1-2H3,(H2,22,26)(H,23,30)(H,24,31)(H,25,29)(H,27,28)(H,32,33). The Morgan fingerprint density at radius 2 is 1.39 bits per heavy atom. The van der Waals surface area contributed by atoms with E-state index in [-0.39, 0.29) is 6.42 Å². The van der Waals surface area contributed by atoms with E-state index in [1.807, 2.05) is 0 Å². The molecule has 4 unspecified atom stereocenters. The van der Waals surface area contributed by atoms with Gasteiger partial charge in [0.1, 0.15) is 18.1 Å². The van der Waals surface area contributed by atoms with Gasteiger partial charge in [0.2, 0.25) is 23.6 Å². The molecule has 14 nitrogen and oxygen atoms in total. The summed E-state index contributed by atoms with van der Waals surface area (Å²) < 4.78 is 0. The first-order chi connectivity index (χ1) is 15.3. The number of hydrogen-bond acceptors (Lipinski definition) is 8. The van der Waals surface area contributed by atoms with Crippen LogP contribution in [0.1, 0.15) is 46.0 Å². The molecule has 0 rings (SSSR count). The third-order valence-electron chi connectivity index (χ3n) is 4.58. The van der Waals surface area contributed by atoms with Crippen LogP contribution in [-0.2, 0) is 28.8 Å². The van der Waals surface area contributed by atoms with Crippen LogP contribution in [0.3, 0.4) is 0 Å². The maximum Gasteiger partial charge on any atom is 0.326 e. The predicted molar refractivity (Wildman–Crippen MR) is 115 cm³/mol. The monoisotopic (exact) mass is 474 g/mol. The zero-order valence-corrected chi connectivity index (χ0v) is 18.7. The molecule has 33 heavy (non-hydrogen) atoms. The van der Waals surface area contributed by atoms with Crippen molar-refractivity contribution in [2.24, 2.45) is 23.1 Å². The Balaban J connectivity index is 5.41. The summed E-state index contributed by atoms with van der Waals surface area (Å²) in [5, 5.41) is 24.9. The van der Waals surface area contributed by atoms with Crippen LogP contribution >= 0.6 is 0 Å². The summed E-state index contributed by atoms with van der Waals surface area (Å²) in [5.41, 5.74) is 16.0. The van der Waals surface area contributed by atoms with Crippen LogP contribution in [0.2, 0.25) is 0 Å². The molecule has 0 aliphatic heterocycles. The molecule has 188 valence electrons. The first kappa shape index (κ1) is 29.7. The van der Waals surface area contributed by atoms with Crippen LogP contribution in [0.4, 0.5) is 0 Å². The smallest absolute Gasteiger partial charge is 0.326 e. The zero-order chi connectivity index (χ0) is 25.7. The number of carboxylic acid groups (broad SMARTS) is 2. The fourth-order valence-corrected chi connectivity index (χ4v) is 2.77. The van der Waals surface area contributed by atoms with Crippen LogP contribution in [0.25, 0.3) is 0 Å². The van der Waals surface area contributed by atoms with Gasteiger partial charge in [-0.3, -0.25) is 24.0 Å². The number of carboxylic acids is 2.